The maximum atomic E-state index is 13.1. The van der Waals surface area contributed by atoms with Crippen molar-refractivity contribution in [3.8, 4) is 12.3 Å². The van der Waals surface area contributed by atoms with E-state index in [2.05, 4.69) is 10.7 Å². The molecule has 0 radical (unpaired) electrons. The van der Waals surface area contributed by atoms with E-state index in [0.717, 1.165) is 6.07 Å². The molecule has 5 heteroatoms. The molecule has 0 amide bonds. The number of hydrogen-bond acceptors (Lipinski definition) is 2. The van der Waals surface area contributed by atoms with Crippen molar-refractivity contribution < 1.29 is 22.7 Å². The van der Waals surface area contributed by atoms with Crippen molar-refractivity contribution in [1.82, 2.24) is 0 Å². The highest BCUT2D eigenvalue weighted by Gasteiger charge is 2.19. The minimum absolute atomic E-state index is 0.179. The SMILES string of the molecule is C#C/C=C/COC(=O)c1ccc(F)c(F)c1F. The Hall–Kier alpha value is -2.22. The van der Waals surface area contributed by atoms with Gasteiger partial charge in [-0.25, -0.2) is 18.0 Å². The molecule has 1 rings (SSSR count). The molecule has 0 saturated heterocycles. The maximum absolute atomic E-state index is 13.1. The van der Waals surface area contributed by atoms with Gasteiger partial charge in [-0.15, -0.1) is 6.42 Å². The van der Waals surface area contributed by atoms with E-state index in [1.165, 1.54) is 12.2 Å². The molecule has 1 aromatic carbocycles. The lowest BCUT2D eigenvalue weighted by atomic mass is 10.2. The predicted molar refractivity (Wildman–Crippen MR) is 54.6 cm³/mol. The van der Waals surface area contributed by atoms with Crippen LogP contribution in [-0.4, -0.2) is 12.6 Å². The van der Waals surface area contributed by atoms with Crippen molar-refractivity contribution in [2.45, 2.75) is 0 Å². The van der Waals surface area contributed by atoms with Gasteiger partial charge in [0.25, 0.3) is 0 Å². The van der Waals surface area contributed by atoms with Crippen molar-refractivity contribution in [1.29, 1.82) is 0 Å². The number of benzene rings is 1. The first kappa shape index (κ1) is 12.8. The van der Waals surface area contributed by atoms with Gasteiger partial charge < -0.3 is 4.74 Å². The molecule has 0 N–H and O–H groups in total. The van der Waals surface area contributed by atoms with E-state index in [9.17, 15) is 18.0 Å². The van der Waals surface area contributed by atoms with Gasteiger partial charge in [0.2, 0.25) is 0 Å². The maximum Gasteiger partial charge on any atom is 0.341 e. The molecule has 0 aromatic heterocycles. The highest BCUT2D eigenvalue weighted by atomic mass is 19.2. The smallest absolute Gasteiger partial charge is 0.341 e. The largest absolute Gasteiger partial charge is 0.458 e. The van der Waals surface area contributed by atoms with Crippen LogP contribution in [0.25, 0.3) is 0 Å². The Morgan fingerprint density at radius 1 is 1.35 bits per heavy atom. The Labute approximate surface area is 95.7 Å². The molecule has 0 atom stereocenters. The van der Waals surface area contributed by atoms with Crippen LogP contribution in [0.2, 0.25) is 0 Å². The number of terminal acetylenes is 1. The average molecular weight is 240 g/mol. The molecule has 88 valence electrons. The number of carbonyl (C=O) groups excluding carboxylic acids is 1. The van der Waals surface area contributed by atoms with E-state index in [-0.39, 0.29) is 6.61 Å². The highest BCUT2D eigenvalue weighted by molar-refractivity contribution is 5.89. The summed E-state index contributed by atoms with van der Waals surface area (Å²) in [6.07, 6.45) is 7.52. The zero-order valence-corrected chi connectivity index (χ0v) is 8.54. The van der Waals surface area contributed by atoms with Crippen molar-refractivity contribution in [3.63, 3.8) is 0 Å². The fraction of sp³-hybridized carbons (Fsp3) is 0.0833. The third-order valence-corrected chi connectivity index (χ3v) is 1.78. The van der Waals surface area contributed by atoms with Crippen LogP contribution in [-0.2, 0) is 4.74 Å². The molecule has 0 fully saturated rings. The lowest BCUT2D eigenvalue weighted by molar-refractivity contribution is 0.0542. The second-order valence-electron chi connectivity index (χ2n) is 2.89. The molecular weight excluding hydrogens is 233 g/mol. The van der Waals surface area contributed by atoms with E-state index in [4.69, 9.17) is 6.42 Å². The number of ether oxygens (including phenoxy) is 1. The number of allylic oxidation sites excluding steroid dienone is 1. The molecule has 0 spiro atoms. The van der Waals surface area contributed by atoms with Gasteiger partial charge in [-0.1, -0.05) is 5.92 Å². The zero-order valence-electron chi connectivity index (χ0n) is 8.54. The van der Waals surface area contributed by atoms with Crippen LogP contribution in [0.1, 0.15) is 10.4 Å². The molecular formula is C12H7F3O2. The van der Waals surface area contributed by atoms with E-state index < -0.39 is 29.0 Å². The third kappa shape index (κ3) is 3.11. The van der Waals surface area contributed by atoms with E-state index in [1.807, 2.05) is 0 Å². The predicted octanol–water partition coefficient (Wildman–Crippen LogP) is 2.45. The number of esters is 1. The average Bonchev–Trinajstić information content (AvgIpc) is 2.31. The standard InChI is InChI=1S/C12H7F3O2/c1-2-3-4-7-17-12(16)8-5-6-9(13)11(15)10(8)14/h1,3-6H,7H2/b4-3+. The van der Waals surface area contributed by atoms with Gasteiger partial charge in [0, 0.05) is 0 Å². The summed E-state index contributed by atoms with van der Waals surface area (Å²) in [6.45, 7) is -0.179. The molecule has 17 heavy (non-hydrogen) atoms. The van der Waals surface area contributed by atoms with Crippen LogP contribution >= 0.6 is 0 Å². The van der Waals surface area contributed by atoms with E-state index in [1.54, 1.807) is 0 Å². The Kier molecular flexibility index (Phi) is 4.35. The Bertz CT molecular complexity index is 501. The number of halogens is 3. The van der Waals surface area contributed by atoms with E-state index >= 15 is 0 Å². The van der Waals surface area contributed by atoms with Crippen LogP contribution in [0.4, 0.5) is 13.2 Å². The fourth-order valence-corrected chi connectivity index (χ4v) is 1.00. The van der Waals surface area contributed by atoms with Crippen molar-refractivity contribution >= 4 is 5.97 Å². The van der Waals surface area contributed by atoms with Gasteiger partial charge >= 0.3 is 5.97 Å². The molecule has 0 unspecified atom stereocenters. The molecule has 0 aliphatic rings. The van der Waals surface area contributed by atoms with Gasteiger partial charge in [-0.2, -0.15) is 0 Å². The van der Waals surface area contributed by atoms with Gasteiger partial charge in [0.1, 0.15) is 6.61 Å². The molecule has 1 aromatic rings. The number of hydrogen-bond donors (Lipinski definition) is 0. The second kappa shape index (κ2) is 5.75. The first-order valence-corrected chi connectivity index (χ1v) is 4.49. The lowest BCUT2D eigenvalue weighted by Crippen LogP contribution is -2.09. The van der Waals surface area contributed by atoms with Crippen LogP contribution in [0.15, 0.2) is 24.3 Å². The Morgan fingerprint density at radius 2 is 2.06 bits per heavy atom. The summed E-state index contributed by atoms with van der Waals surface area (Å²) in [4.78, 5) is 11.3. The summed E-state index contributed by atoms with van der Waals surface area (Å²) in [5.74, 6) is -3.59. The monoisotopic (exact) mass is 240 g/mol. The quantitative estimate of drug-likeness (QED) is 0.461. The topological polar surface area (TPSA) is 26.3 Å². The molecule has 0 aliphatic carbocycles. The summed E-state index contributed by atoms with van der Waals surface area (Å²) in [6, 6.07) is 1.45. The molecule has 0 aliphatic heterocycles. The van der Waals surface area contributed by atoms with Crippen LogP contribution in [0.3, 0.4) is 0 Å². The Balaban J connectivity index is 2.80. The van der Waals surface area contributed by atoms with Crippen molar-refractivity contribution in [2.24, 2.45) is 0 Å². The first-order valence-electron chi connectivity index (χ1n) is 4.49. The summed E-state index contributed by atoms with van der Waals surface area (Å²) < 4.78 is 43.0. The van der Waals surface area contributed by atoms with Gasteiger partial charge in [0.15, 0.2) is 17.5 Å². The summed E-state index contributed by atoms with van der Waals surface area (Å²) in [5, 5.41) is 0. The number of carbonyl (C=O) groups is 1. The van der Waals surface area contributed by atoms with Crippen LogP contribution < -0.4 is 0 Å². The molecule has 0 saturated carbocycles. The van der Waals surface area contributed by atoms with Crippen molar-refractivity contribution in [2.75, 3.05) is 6.61 Å². The van der Waals surface area contributed by atoms with E-state index in [0.29, 0.717) is 6.07 Å². The summed E-state index contributed by atoms with van der Waals surface area (Å²) in [7, 11) is 0. The van der Waals surface area contributed by atoms with Crippen LogP contribution in [0, 0.1) is 29.8 Å². The minimum Gasteiger partial charge on any atom is -0.458 e. The highest BCUT2D eigenvalue weighted by Crippen LogP contribution is 2.15. The first-order chi connectivity index (χ1) is 8.07. The Morgan fingerprint density at radius 3 is 2.71 bits per heavy atom. The van der Waals surface area contributed by atoms with Gasteiger partial charge in [-0.05, 0) is 24.3 Å². The van der Waals surface area contributed by atoms with Gasteiger partial charge in [-0.3, -0.25) is 0 Å². The second-order valence-corrected chi connectivity index (χ2v) is 2.89. The molecule has 0 heterocycles. The third-order valence-electron chi connectivity index (χ3n) is 1.78. The minimum atomic E-state index is -1.71. The zero-order chi connectivity index (χ0) is 12.8. The fourth-order valence-electron chi connectivity index (χ4n) is 1.00. The lowest BCUT2D eigenvalue weighted by Gasteiger charge is -2.04. The van der Waals surface area contributed by atoms with Crippen molar-refractivity contribution in [3.05, 3.63) is 47.3 Å². The summed E-state index contributed by atoms with van der Waals surface area (Å²) in [5.41, 5.74) is -0.669. The number of rotatable bonds is 3. The molecule has 0 bridgehead atoms. The van der Waals surface area contributed by atoms with Gasteiger partial charge in [0.05, 0.1) is 5.56 Å². The summed E-state index contributed by atoms with van der Waals surface area (Å²) >= 11 is 0. The van der Waals surface area contributed by atoms with Crippen LogP contribution in [0.5, 0.6) is 0 Å². The molecule has 2 nitrogen and oxygen atoms in total. The normalized spacial score (nSPS) is 10.2.